The molecule has 20 heavy (non-hydrogen) atoms. The predicted octanol–water partition coefficient (Wildman–Crippen LogP) is 4.95. The standard InChI is InChI=1S/C18H22O2/c1-3-14(2)12-18(19)15-8-7-11-17(13-15)20-16-9-5-4-6-10-16/h4-11,13-14,18-19H,3,12H2,1-2H3. The Hall–Kier alpha value is -1.80. The van der Waals surface area contributed by atoms with Gasteiger partial charge in [0.15, 0.2) is 0 Å². The number of hydrogen-bond acceptors (Lipinski definition) is 2. The number of benzene rings is 2. The lowest BCUT2D eigenvalue weighted by molar-refractivity contribution is 0.146. The average molecular weight is 270 g/mol. The second-order valence-electron chi connectivity index (χ2n) is 5.25. The molecule has 0 amide bonds. The maximum absolute atomic E-state index is 10.3. The molecule has 0 bridgehead atoms. The zero-order chi connectivity index (χ0) is 14.4. The van der Waals surface area contributed by atoms with Crippen LogP contribution in [0, 0.1) is 5.92 Å². The van der Waals surface area contributed by atoms with Crippen molar-refractivity contribution in [1.29, 1.82) is 0 Å². The lowest BCUT2D eigenvalue weighted by atomic mass is 9.96. The van der Waals surface area contributed by atoms with Crippen LogP contribution in [0.1, 0.15) is 38.4 Å². The minimum atomic E-state index is -0.427. The van der Waals surface area contributed by atoms with Gasteiger partial charge in [0.2, 0.25) is 0 Å². The van der Waals surface area contributed by atoms with Crippen molar-refractivity contribution in [2.24, 2.45) is 5.92 Å². The van der Waals surface area contributed by atoms with Crippen LogP contribution in [0.2, 0.25) is 0 Å². The molecule has 2 aromatic rings. The van der Waals surface area contributed by atoms with Crippen molar-refractivity contribution >= 4 is 0 Å². The van der Waals surface area contributed by atoms with Crippen LogP contribution in [0.4, 0.5) is 0 Å². The van der Waals surface area contributed by atoms with Gasteiger partial charge in [0.25, 0.3) is 0 Å². The summed E-state index contributed by atoms with van der Waals surface area (Å²) in [7, 11) is 0. The zero-order valence-electron chi connectivity index (χ0n) is 12.1. The average Bonchev–Trinajstić information content (AvgIpc) is 2.48. The molecule has 1 N–H and O–H groups in total. The van der Waals surface area contributed by atoms with Crippen molar-refractivity contribution in [3.63, 3.8) is 0 Å². The first-order chi connectivity index (χ1) is 9.69. The topological polar surface area (TPSA) is 29.5 Å². The highest BCUT2D eigenvalue weighted by Gasteiger charge is 2.12. The molecule has 0 heterocycles. The zero-order valence-corrected chi connectivity index (χ0v) is 12.1. The maximum Gasteiger partial charge on any atom is 0.127 e. The summed E-state index contributed by atoms with van der Waals surface area (Å²) in [6, 6.07) is 17.4. The van der Waals surface area contributed by atoms with Gasteiger partial charge in [0, 0.05) is 0 Å². The summed E-state index contributed by atoms with van der Waals surface area (Å²) in [6.45, 7) is 4.31. The van der Waals surface area contributed by atoms with Crippen LogP contribution in [-0.4, -0.2) is 5.11 Å². The van der Waals surface area contributed by atoms with E-state index in [1.807, 2.05) is 54.6 Å². The first-order valence-electron chi connectivity index (χ1n) is 7.20. The Balaban J connectivity index is 2.08. The lowest BCUT2D eigenvalue weighted by Gasteiger charge is -2.16. The van der Waals surface area contributed by atoms with E-state index in [2.05, 4.69) is 13.8 Å². The van der Waals surface area contributed by atoms with Crippen molar-refractivity contribution < 1.29 is 9.84 Å². The molecule has 2 unspecified atom stereocenters. The summed E-state index contributed by atoms with van der Waals surface area (Å²) in [5, 5.41) is 10.3. The Kier molecular flexibility index (Phi) is 5.19. The van der Waals surface area contributed by atoms with E-state index in [-0.39, 0.29) is 0 Å². The molecule has 0 saturated heterocycles. The molecule has 106 valence electrons. The Morgan fingerprint density at radius 2 is 1.70 bits per heavy atom. The molecule has 0 aromatic heterocycles. The molecule has 2 rings (SSSR count). The summed E-state index contributed by atoms with van der Waals surface area (Å²) in [6.07, 6.45) is 1.44. The van der Waals surface area contributed by atoms with Crippen molar-refractivity contribution in [3.8, 4) is 11.5 Å². The van der Waals surface area contributed by atoms with Crippen molar-refractivity contribution in [3.05, 3.63) is 60.2 Å². The van der Waals surface area contributed by atoms with Gasteiger partial charge in [-0.15, -0.1) is 0 Å². The summed E-state index contributed by atoms with van der Waals surface area (Å²) >= 11 is 0. The van der Waals surface area contributed by atoms with E-state index in [4.69, 9.17) is 4.74 Å². The Morgan fingerprint density at radius 3 is 2.40 bits per heavy atom. The van der Waals surface area contributed by atoms with Gasteiger partial charge in [0.05, 0.1) is 6.10 Å². The van der Waals surface area contributed by atoms with Crippen LogP contribution in [0.3, 0.4) is 0 Å². The number of aliphatic hydroxyl groups excluding tert-OH is 1. The molecule has 0 aliphatic heterocycles. The Bertz CT molecular complexity index is 522. The Labute approximate surface area is 121 Å². The SMILES string of the molecule is CCC(C)CC(O)c1cccc(Oc2ccccc2)c1. The van der Waals surface area contributed by atoms with Crippen LogP contribution >= 0.6 is 0 Å². The van der Waals surface area contributed by atoms with Gasteiger partial charge in [-0.1, -0.05) is 50.6 Å². The second kappa shape index (κ2) is 7.11. The van der Waals surface area contributed by atoms with Gasteiger partial charge in [-0.25, -0.2) is 0 Å². The molecule has 0 saturated carbocycles. The van der Waals surface area contributed by atoms with Gasteiger partial charge in [-0.05, 0) is 42.2 Å². The molecular formula is C18H22O2. The first-order valence-corrected chi connectivity index (χ1v) is 7.20. The lowest BCUT2D eigenvalue weighted by Crippen LogP contribution is -2.03. The molecular weight excluding hydrogens is 248 g/mol. The molecule has 2 atom stereocenters. The quantitative estimate of drug-likeness (QED) is 0.804. The molecule has 0 radical (unpaired) electrons. The third-order valence-corrected chi connectivity index (χ3v) is 3.54. The van der Waals surface area contributed by atoms with Crippen molar-refractivity contribution in [2.75, 3.05) is 0 Å². The fourth-order valence-corrected chi connectivity index (χ4v) is 2.09. The Morgan fingerprint density at radius 1 is 1.00 bits per heavy atom. The third kappa shape index (κ3) is 4.10. The molecule has 0 fully saturated rings. The summed E-state index contributed by atoms with van der Waals surface area (Å²) < 4.78 is 5.79. The second-order valence-corrected chi connectivity index (χ2v) is 5.25. The van der Waals surface area contributed by atoms with Crippen LogP contribution in [0.25, 0.3) is 0 Å². The summed E-state index contributed by atoms with van der Waals surface area (Å²) in [5.41, 5.74) is 0.915. The van der Waals surface area contributed by atoms with E-state index in [0.717, 1.165) is 29.9 Å². The van der Waals surface area contributed by atoms with E-state index in [1.54, 1.807) is 0 Å². The van der Waals surface area contributed by atoms with Crippen LogP contribution in [0.15, 0.2) is 54.6 Å². The minimum absolute atomic E-state index is 0.427. The third-order valence-electron chi connectivity index (χ3n) is 3.54. The molecule has 0 aliphatic rings. The minimum Gasteiger partial charge on any atom is -0.457 e. The van der Waals surface area contributed by atoms with Crippen LogP contribution < -0.4 is 4.74 Å². The van der Waals surface area contributed by atoms with Crippen LogP contribution in [0.5, 0.6) is 11.5 Å². The predicted molar refractivity (Wildman–Crippen MR) is 82.0 cm³/mol. The fraction of sp³-hybridized carbons (Fsp3) is 0.333. The number of aliphatic hydroxyl groups is 1. The van der Waals surface area contributed by atoms with E-state index in [9.17, 15) is 5.11 Å². The summed E-state index contributed by atoms with van der Waals surface area (Å²) in [5.74, 6) is 2.08. The van der Waals surface area contributed by atoms with E-state index < -0.39 is 6.10 Å². The molecule has 2 nitrogen and oxygen atoms in total. The van der Waals surface area contributed by atoms with Crippen molar-refractivity contribution in [1.82, 2.24) is 0 Å². The normalized spacial score (nSPS) is 13.8. The summed E-state index contributed by atoms with van der Waals surface area (Å²) in [4.78, 5) is 0. The maximum atomic E-state index is 10.3. The van der Waals surface area contributed by atoms with E-state index in [0.29, 0.717) is 5.92 Å². The fourth-order valence-electron chi connectivity index (χ4n) is 2.09. The van der Waals surface area contributed by atoms with E-state index in [1.165, 1.54) is 0 Å². The van der Waals surface area contributed by atoms with Gasteiger partial charge in [0.1, 0.15) is 11.5 Å². The first kappa shape index (κ1) is 14.6. The van der Waals surface area contributed by atoms with Gasteiger partial charge in [-0.3, -0.25) is 0 Å². The smallest absolute Gasteiger partial charge is 0.127 e. The number of para-hydroxylation sites is 1. The largest absolute Gasteiger partial charge is 0.457 e. The highest BCUT2D eigenvalue weighted by molar-refractivity contribution is 5.34. The van der Waals surface area contributed by atoms with Crippen LogP contribution in [-0.2, 0) is 0 Å². The van der Waals surface area contributed by atoms with E-state index >= 15 is 0 Å². The molecule has 2 aromatic carbocycles. The van der Waals surface area contributed by atoms with Gasteiger partial charge in [-0.2, -0.15) is 0 Å². The van der Waals surface area contributed by atoms with Gasteiger partial charge >= 0.3 is 0 Å². The molecule has 0 aliphatic carbocycles. The molecule has 2 heteroatoms. The highest BCUT2D eigenvalue weighted by atomic mass is 16.5. The van der Waals surface area contributed by atoms with Gasteiger partial charge < -0.3 is 9.84 Å². The highest BCUT2D eigenvalue weighted by Crippen LogP contribution is 2.27. The monoisotopic (exact) mass is 270 g/mol. The van der Waals surface area contributed by atoms with Crippen molar-refractivity contribution in [2.45, 2.75) is 32.8 Å². The number of rotatable bonds is 6. The number of hydrogen-bond donors (Lipinski definition) is 1. The molecule has 0 spiro atoms. The number of ether oxygens (including phenoxy) is 1.